The first-order chi connectivity index (χ1) is 8.83. The lowest BCUT2D eigenvalue weighted by Crippen LogP contribution is -2.38. The lowest BCUT2D eigenvalue weighted by molar-refractivity contribution is -0.121. The van der Waals surface area contributed by atoms with E-state index in [1.54, 1.807) is 0 Å². The standard InChI is InChI=1S/C11H12N6O.2ClH/c18-11(12-6-10-14-16-17-15-10)9-5-7-3-1-2-4-8(7)13-9;;/h1-4,9,13H,5-6H2,(H,12,18)(H,14,15,16,17);2*1H. The van der Waals surface area contributed by atoms with Gasteiger partial charge >= 0.3 is 0 Å². The largest absolute Gasteiger partial charge is 0.373 e. The average Bonchev–Trinajstić information content (AvgIpc) is 3.04. The quantitative estimate of drug-likeness (QED) is 0.774. The zero-order chi connectivity index (χ0) is 12.4. The molecule has 2 aromatic rings. The summed E-state index contributed by atoms with van der Waals surface area (Å²) in [7, 11) is 0. The predicted octanol–water partition coefficient (Wildman–Crippen LogP) is 0.696. The van der Waals surface area contributed by atoms with Gasteiger partial charge in [-0.3, -0.25) is 4.79 Å². The second-order valence-electron chi connectivity index (χ2n) is 4.10. The molecule has 0 saturated heterocycles. The number of hydrogen-bond donors (Lipinski definition) is 3. The van der Waals surface area contributed by atoms with E-state index in [0.29, 0.717) is 12.2 Å². The summed E-state index contributed by atoms with van der Waals surface area (Å²) in [4.78, 5) is 11.9. The molecule has 20 heavy (non-hydrogen) atoms. The number of halogens is 2. The van der Waals surface area contributed by atoms with Gasteiger partial charge in [0.1, 0.15) is 6.04 Å². The third-order valence-electron chi connectivity index (χ3n) is 2.90. The number of benzene rings is 1. The second kappa shape index (κ2) is 7.06. The van der Waals surface area contributed by atoms with Crippen molar-refractivity contribution in [2.24, 2.45) is 0 Å². The van der Waals surface area contributed by atoms with E-state index in [4.69, 9.17) is 0 Å². The Bertz CT molecular complexity index is 537. The minimum atomic E-state index is -0.227. The molecule has 1 aliphatic heterocycles. The van der Waals surface area contributed by atoms with Crippen LogP contribution < -0.4 is 10.6 Å². The first kappa shape index (κ1) is 16.2. The number of H-pyrrole nitrogens is 1. The van der Waals surface area contributed by atoms with E-state index in [1.165, 1.54) is 0 Å². The number of carbonyl (C=O) groups is 1. The third-order valence-corrected chi connectivity index (χ3v) is 2.90. The Morgan fingerprint density at radius 1 is 1.35 bits per heavy atom. The Labute approximate surface area is 127 Å². The van der Waals surface area contributed by atoms with Crippen molar-refractivity contribution in [1.29, 1.82) is 0 Å². The highest BCUT2D eigenvalue weighted by Gasteiger charge is 2.26. The summed E-state index contributed by atoms with van der Waals surface area (Å²) < 4.78 is 0. The van der Waals surface area contributed by atoms with Gasteiger partial charge in [-0.1, -0.05) is 23.4 Å². The normalized spacial score (nSPS) is 15.3. The van der Waals surface area contributed by atoms with Crippen molar-refractivity contribution in [1.82, 2.24) is 25.9 Å². The number of amides is 1. The Balaban J connectivity index is 0.000001000. The van der Waals surface area contributed by atoms with Crippen molar-refractivity contribution in [2.75, 3.05) is 5.32 Å². The number of anilines is 1. The molecule has 1 amide bonds. The molecule has 1 aromatic heterocycles. The first-order valence-electron chi connectivity index (χ1n) is 5.67. The van der Waals surface area contributed by atoms with Gasteiger partial charge in [0, 0.05) is 12.1 Å². The Morgan fingerprint density at radius 2 is 2.15 bits per heavy atom. The predicted molar refractivity (Wildman–Crippen MR) is 78.1 cm³/mol. The summed E-state index contributed by atoms with van der Waals surface area (Å²) in [6, 6.07) is 7.69. The highest BCUT2D eigenvalue weighted by atomic mass is 35.5. The zero-order valence-electron chi connectivity index (χ0n) is 10.4. The third kappa shape index (κ3) is 3.37. The molecule has 0 bridgehead atoms. The van der Waals surface area contributed by atoms with E-state index in [9.17, 15) is 4.79 Å². The van der Waals surface area contributed by atoms with Gasteiger partial charge in [-0.2, -0.15) is 5.21 Å². The lowest BCUT2D eigenvalue weighted by Gasteiger charge is -2.10. The van der Waals surface area contributed by atoms with Gasteiger partial charge in [0.05, 0.1) is 6.54 Å². The van der Waals surface area contributed by atoms with Gasteiger partial charge < -0.3 is 10.6 Å². The Hall–Kier alpha value is -1.86. The minimum Gasteiger partial charge on any atom is -0.373 e. The van der Waals surface area contributed by atoms with Crippen LogP contribution in [0.5, 0.6) is 0 Å². The van der Waals surface area contributed by atoms with E-state index in [2.05, 4.69) is 31.3 Å². The average molecular weight is 317 g/mol. The number of aromatic amines is 1. The van der Waals surface area contributed by atoms with Crippen LogP contribution >= 0.6 is 24.8 Å². The van der Waals surface area contributed by atoms with Crippen LogP contribution in [0.25, 0.3) is 0 Å². The molecule has 2 heterocycles. The molecule has 1 unspecified atom stereocenters. The van der Waals surface area contributed by atoms with Crippen molar-refractivity contribution in [3.63, 3.8) is 0 Å². The number of nitrogens with zero attached hydrogens (tertiary/aromatic N) is 3. The van der Waals surface area contributed by atoms with Crippen LogP contribution in [-0.2, 0) is 17.8 Å². The SMILES string of the molecule is Cl.Cl.O=C(NCc1nn[nH]n1)C1Cc2ccccc2N1. The van der Waals surface area contributed by atoms with E-state index in [1.807, 2.05) is 24.3 Å². The van der Waals surface area contributed by atoms with Gasteiger partial charge in [-0.25, -0.2) is 0 Å². The topological polar surface area (TPSA) is 95.6 Å². The number of carbonyl (C=O) groups excluding carboxylic acids is 1. The number of tetrazole rings is 1. The molecule has 9 heteroatoms. The molecule has 0 saturated carbocycles. The maximum absolute atomic E-state index is 11.9. The summed E-state index contributed by atoms with van der Waals surface area (Å²) >= 11 is 0. The van der Waals surface area contributed by atoms with E-state index in [0.717, 1.165) is 11.3 Å². The van der Waals surface area contributed by atoms with Gasteiger partial charge in [-0.05, 0) is 11.6 Å². The molecular formula is C11H14Cl2N6O. The van der Waals surface area contributed by atoms with Gasteiger partial charge in [-0.15, -0.1) is 35.0 Å². The zero-order valence-corrected chi connectivity index (χ0v) is 12.0. The molecule has 1 aliphatic rings. The maximum Gasteiger partial charge on any atom is 0.243 e. The monoisotopic (exact) mass is 316 g/mol. The molecule has 0 aliphatic carbocycles. The summed E-state index contributed by atoms with van der Waals surface area (Å²) in [5, 5.41) is 19.3. The van der Waals surface area contributed by atoms with Crippen LogP contribution in [0.15, 0.2) is 24.3 Å². The summed E-state index contributed by atoms with van der Waals surface area (Å²) in [6.07, 6.45) is 0.703. The minimum absolute atomic E-state index is 0. The van der Waals surface area contributed by atoms with Crippen LogP contribution in [0.2, 0.25) is 0 Å². The fourth-order valence-corrected chi connectivity index (χ4v) is 2.00. The van der Waals surface area contributed by atoms with Crippen LogP contribution in [-0.4, -0.2) is 32.6 Å². The molecule has 1 atom stereocenters. The highest BCUT2D eigenvalue weighted by molar-refractivity contribution is 5.87. The first-order valence-corrected chi connectivity index (χ1v) is 5.67. The van der Waals surface area contributed by atoms with Crippen molar-refractivity contribution >= 4 is 36.4 Å². The lowest BCUT2D eigenvalue weighted by atomic mass is 10.1. The molecule has 7 nitrogen and oxygen atoms in total. The number of rotatable bonds is 3. The number of fused-ring (bicyclic) bond motifs is 1. The molecule has 0 spiro atoms. The second-order valence-corrected chi connectivity index (χ2v) is 4.10. The molecule has 0 radical (unpaired) electrons. The molecule has 1 aromatic carbocycles. The molecular weight excluding hydrogens is 303 g/mol. The van der Waals surface area contributed by atoms with Gasteiger partial charge in [0.25, 0.3) is 0 Å². The van der Waals surface area contributed by atoms with Gasteiger partial charge in [0.2, 0.25) is 5.91 Å². The molecule has 3 N–H and O–H groups in total. The smallest absolute Gasteiger partial charge is 0.243 e. The Morgan fingerprint density at radius 3 is 2.85 bits per heavy atom. The van der Waals surface area contributed by atoms with E-state index in [-0.39, 0.29) is 43.3 Å². The number of aromatic nitrogens is 4. The van der Waals surface area contributed by atoms with Crippen molar-refractivity contribution in [3.05, 3.63) is 35.7 Å². The van der Waals surface area contributed by atoms with Crippen molar-refractivity contribution < 1.29 is 4.79 Å². The van der Waals surface area contributed by atoms with Crippen LogP contribution in [0.1, 0.15) is 11.4 Å². The van der Waals surface area contributed by atoms with Crippen molar-refractivity contribution in [3.8, 4) is 0 Å². The van der Waals surface area contributed by atoms with Crippen LogP contribution in [0.3, 0.4) is 0 Å². The fraction of sp³-hybridized carbons (Fsp3) is 0.273. The van der Waals surface area contributed by atoms with Crippen LogP contribution in [0, 0.1) is 0 Å². The van der Waals surface area contributed by atoms with Gasteiger partial charge in [0.15, 0.2) is 5.82 Å². The van der Waals surface area contributed by atoms with E-state index >= 15 is 0 Å². The summed E-state index contributed by atoms with van der Waals surface area (Å²) in [5.41, 5.74) is 2.19. The molecule has 0 fully saturated rings. The highest BCUT2D eigenvalue weighted by Crippen LogP contribution is 2.24. The fourth-order valence-electron chi connectivity index (χ4n) is 2.00. The summed E-state index contributed by atoms with van der Waals surface area (Å²) in [6.45, 7) is 0.282. The number of nitrogens with one attached hydrogen (secondary N) is 3. The molecule has 108 valence electrons. The number of para-hydroxylation sites is 1. The number of hydrogen-bond acceptors (Lipinski definition) is 5. The summed E-state index contributed by atoms with van der Waals surface area (Å²) in [5.74, 6) is 0.412. The van der Waals surface area contributed by atoms with E-state index < -0.39 is 0 Å². The van der Waals surface area contributed by atoms with Crippen LogP contribution in [0.4, 0.5) is 5.69 Å². The Kier molecular flexibility index (Phi) is 5.72. The molecule has 3 rings (SSSR count). The van der Waals surface area contributed by atoms with Crippen molar-refractivity contribution in [2.45, 2.75) is 19.0 Å². The maximum atomic E-state index is 11.9.